The SMILES string of the molecule is O=Cc1cc(N2CCCC2)c(C=O)cc1C(=O)O. The first kappa shape index (κ1) is 12.3. The van der Waals surface area contributed by atoms with Crippen LogP contribution in [-0.4, -0.2) is 36.7 Å². The highest BCUT2D eigenvalue weighted by molar-refractivity contribution is 6.01. The summed E-state index contributed by atoms with van der Waals surface area (Å²) in [6, 6.07) is 2.76. The molecule has 1 heterocycles. The van der Waals surface area contributed by atoms with Crippen LogP contribution in [0.4, 0.5) is 5.69 Å². The quantitative estimate of drug-likeness (QED) is 0.818. The summed E-state index contributed by atoms with van der Waals surface area (Å²) < 4.78 is 0. The van der Waals surface area contributed by atoms with E-state index in [2.05, 4.69) is 0 Å². The van der Waals surface area contributed by atoms with Crippen molar-refractivity contribution in [2.45, 2.75) is 12.8 Å². The fraction of sp³-hybridized carbons (Fsp3) is 0.308. The number of aldehydes is 2. The number of aromatic carboxylic acids is 1. The molecule has 0 spiro atoms. The Labute approximate surface area is 104 Å². The van der Waals surface area contributed by atoms with E-state index >= 15 is 0 Å². The van der Waals surface area contributed by atoms with Crippen LogP contribution in [0, 0.1) is 0 Å². The minimum absolute atomic E-state index is 0.106. The lowest BCUT2D eigenvalue weighted by molar-refractivity contribution is 0.0694. The lowest BCUT2D eigenvalue weighted by Gasteiger charge is -2.20. The van der Waals surface area contributed by atoms with Gasteiger partial charge in [-0.25, -0.2) is 4.79 Å². The summed E-state index contributed by atoms with van der Waals surface area (Å²) in [5, 5.41) is 8.98. The van der Waals surface area contributed by atoms with E-state index in [1.54, 1.807) is 0 Å². The maximum Gasteiger partial charge on any atom is 0.336 e. The van der Waals surface area contributed by atoms with E-state index in [9.17, 15) is 14.4 Å². The highest BCUT2D eigenvalue weighted by atomic mass is 16.4. The lowest BCUT2D eigenvalue weighted by Crippen LogP contribution is -2.20. The number of hydrogen-bond acceptors (Lipinski definition) is 4. The van der Waals surface area contributed by atoms with Crippen LogP contribution in [0.3, 0.4) is 0 Å². The second kappa shape index (κ2) is 5.00. The molecule has 1 saturated heterocycles. The Morgan fingerprint density at radius 2 is 1.72 bits per heavy atom. The van der Waals surface area contributed by atoms with Gasteiger partial charge < -0.3 is 10.0 Å². The van der Waals surface area contributed by atoms with Gasteiger partial charge in [0, 0.05) is 29.9 Å². The average Bonchev–Trinajstić information content (AvgIpc) is 2.90. The van der Waals surface area contributed by atoms with E-state index in [1.165, 1.54) is 12.1 Å². The second-order valence-electron chi connectivity index (χ2n) is 4.23. The molecule has 0 bridgehead atoms. The molecule has 0 aliphatic carbocycles. The smallest absolute Gasteiger partial charge is 0.336 e. The summed E-state index contributed by atoms with van der Waals surface area (Å²) in [5.74, 6) is -1.20. The number of nitrogens with zero attached hydrogens (tertiary/aromatic N) is 1. The van der Waals surface area contributed by atoms with Gasteiger partial charge in [0.25, 0.3) is 0 Å². The molecule has 0 atom stereocenters. The van der Waals surface area contributed by atoms with Crippen molar-refractivity contribution < 1.29 is 19.5 Å². The molecule has 1 aliphatic rings. The van der Waals surface area contributed by atoms with Gasteiger partial charge in [-0.2, -0.15) is 0 Å². The first-order valence-electron chi connectivity index (χ1n) is 5.74. The number of benzene rings is 1. The summed E-state index contributed by atoms with van der Waals surface area (Å²) in [7, 11) is 0. The van der Waals surface area contributed by atoms with Crippen LogP contribution >= 0.6 is 0 Å². The molecule has 5 nitrogen and oxygen atoms in total. The maximum atomic E-state index is 11.1. The van der Waals surface area contributed by atoms with Crippen LogP contribution in [0.5, 0.6) is 0 Å². The molecule has 2 rings (SSSR count). The van der Waals surface area contributed by atoms with Crippen LogP contribution in [0.2, 0.25) is 0 Å². The van der Waals surface area contributed by atoms with Crippen molar-refractivity contribution in [1.29, 1.82) is 0 Å². The fourth-order valence-electron chi connectivity index (χ4n) is 2.23. The number of carboxylic acid groups (broad SMARTS) is 1. The van der Waals surface area contributed by atoms with Gasteiger partial charge in [-0.05, 0) is 25.0 Å². The number of carbonyl (C=O) groups is 3. The van der Waals surface area contributed by atoms with E-state index in [-0.39, 0.29) is 11.1 Å². The predicted octanol–water partition coefficient (Wildman–Crippen LogP) is 1.61. The van der Waals surface area contributed by atoms with Crippen molar-refractivity contribution in [3.63, 3.8) is 0 Å². The van der Waals surface area contributed by atoms with Gasteiger partial charge >= 0.3 is 5.97 Å². The Morgan fingerprint density at radius 3 is 2.22 bits per heavy atom. The van der Waals surface area contributed by atoms with Crippen LogP contribution < -0.4 is 4.90 Å². The van der Waals surface area contributed by atoms with Crippen molar-refractivity contribution in [2.75, 3.05) is 18.0 Å². The molecule has 5 heteroatoms. The minimum atomic E-state index is -1.20. The van der Waals surface area contributed by atoms with Crippen LogP contribution in [-0.2, 0) is 0 Å². The zero-order valence-corrected chi connectivity index (χ0v) is 9.76. The summed E-state index contributed by atoms with van der Waals surface area (Å²) in [4.78, 5) is 35.0. The first-order chi connectivity index (χ1) is 8.67. The standard InChI is InChI=1S/C13H13NO4/c15-7-9-6-12(14-3-1-2-4-14)10(8-16)5-11(9)13(17)18/h5-8H,1-4H2,(H,17,18). The number of carbonyl (C=O) groups excluding carboxylic acids is 2. The predicted molar refractivity (Wildman–Crippen MR) is 65.6 cm³/mol. The number of carboxylic acids is 1. The summed E-state index contributed by atoms with van der Waals surface area (Å²) in [5.41, 5.74) is 0.944. The molecule has 0 radical (unpaired) electrons. The summed E-state index contributed by atoms with van der Waals surface area (Å²) in [6.07, 6.45) is 3.22. The van der Waals surface area contributed by atoms with Crippen molar-refractivity contribution in [1.82, 2.24) is 0 Å². The summed E-state index contributed by atoms with van der Waals surface area (Å²) in [6.45, 7) is 1.65. The monoisotopic (exact) mass is 247 g/mol. The Bertz CT molecular complexity index is 504. The van der Waals surface area contributed by atoms with Gasteiger partial charge in [-0.15, -0.1) is 0 Å². The van der Waals surface area contributed by atoms with Gasteiger partial charge in [0.1, 0.15) is 0 Å². The Kier molecular flexibility index (Phi) is 3.41. The van der Waals surface area contributed by atoms with Gasteiger partial charge in [-0.3, -0.25) is 9.59 Å². The molecule has 1 aliphatic heterocycles. The third kappa shape index (κ3) is 2.11. The average molecular weight is 247 g/mol. The zero-order chi connectivity index (χ0) is 13.1. The van der Waals surface area contributed by atoms with E-state index < -0.39 is 5.97 Å². The molecule has 1 aromatic carbocycles. The molecule has 1 fully saturated rings. The molecule has 0 aromatic heterocycles. The maximum absolute atomic E-state index is 11.1. The Morgan fingerprint density at radius 1 is 1.11 bits per heavy atom. The molecule has 0 amide bonds. The molecule has 0 saturated carbocycles. The molecule has 0 unspecified atom stereocenters. The minimum Gasteiger partial charge on any atom is -0.478 e. The van der Waals surface area contributed by atoms with Crippen LogP contribution in [0.15, 0.2) is 12.1 Å². The van der Waals surface area contributed by atoms with E-state index in [0.29, 0.717) is 23.8 Å². The number of hydrogen-bond donors (Lipinski definition) is 1. The highest BCUT2D eigenvalue weighted by Gasteiger charge is 2.20. The van der Waals surface area contributed by atoms with Crippen LogP contribution in [0.25, 0.3) is 0 Å². The largest absolute Gasteiger partial charge is 0.478 e. The Balaban J connectivity index is 2.55. The van der Waals surface area contributed by atoms with Crippen molar-refractivity contribution >= 4 is 24.2 Å². The van der Waals surface area contributed by atoms with Gasteiger partial charge in [0.05, 0.1) is 5.56 Å². The highest BCUT2D eigenvalue weighted by Crippen LogP contribution is 2.26. The van der Waals surface area contributed by atoms with E-state index in [4.69, 9.17) is 5.11 Å². The fourth-order valence-corrected chi connectivity index (χ4v) is 2.23. The van der Waals surface area contributed by atoms with Crippen molar-refractivity contribution in [2.24, 2.45) is 0 Å². The molecular formula is C13H13NO4. The molecular weight excluding hydrogens is 234 g/mol. The molecule has 1 aromatic rings. The summed E-state index contributed by atoms with van der Waals surface area (Å²) >= 11 is 0. The molecule has 18 heavy (non-hydrogen) atoms. The van der Waals surface area contributed by atoms with E-state index in [0.717, 1.165) is 25.9 Å². The number of rotatable bonds is 4. The zero-order valence-electron chi connectivity index (χ0n) is 9.76. The third-order valence-electron chi connectivity index (χ3n) is 3.13. The van der Waals surface area contributed by atoms with Crippen LogP contribution in [0.1, 0.15) is 43.9 Å². The van der Waals surface area contributed by atoms with Gasteiger partial charge in [0.15, 0.2) is 12.6 Å². The van der Waals surface area contributed by atoms with Crippen molar-refractivity contribution in [3.05, 3.63) is 28.8 Å². The lowest BCUT2D eigenvalue weighted by atomic mass is 10.0. The first-order valence-corrected chi connectivity index (χ1v) is 5.74. The second-order valence-corrected chi connectivity index (χ2v) is 4.23. The topological polar surface area (TPSA) is 74.7 Å². The number of anilines is 1. The van der Waals surface area contributed by atoms with Gasteiger partial charge in [0.2, 0.25) is 0 Å². The van der Waals surface area contributed by atoms with Crippen molar-refractivity contribution in [3.8, 4) is 0 Å². The normalized spacial score (nSPS) is 14.6. The molecule has 1 N–H and O–H groups in total. The van der Waals surface area contributed by atoms with Gasteiger partial charge in [-0.1, -0.05) is 0 Å². The third-order valence-corrected chi connectivity index (χ3v) is 3.13. The Hall–Kier alpha value is -2.17. The molecule has 94 valence electrons. The van der Waals surface area contributed by atoms with E-state index in [1.807, 2.05) is 4.90 Å².